The van der Waals surface area contributed by atoms with E-state index in [0.29, 0.717) is 5.56 Å². The normalized spacial score (nSPS) is 11.4. The van der Waals surface area contributed by atoms with Crippen LogP contribution in [0.4, 0.5) is 4.39 Å². The van der Waals surface area contributed by atoms with Gasteiger partial charge >= 0.3 is 0 Å². The predicted molar refractivity (Wildman–Crippen MR) is 73.0 cm³/mol. The van der Waals surface area contributed by atoms with E-state index in [-0.39, 0.29) is 28.1 Å². The number of ether oxygens (including phenoxy) is 1. The van der Waals surface area contributed by atoms with Gasteiger partial charge in [0.1, 0.15) is 5.02 Å². The third-order valence-corrected chi connectivity index (χ3v) is 2.97. The molecule has 0 aliphatic rings. The van der Waals surface area contributed by atoms with Crippen LogP contribution in [0, 0.1) is 12.7 Å². The van der Waals surface area contributed by atoms with Gasteiger partial charge in [-0.3, -0.25) is 0 Å². The van der Waals surface area contributed by atoms with Crippen LogP contribution in [0.3, 0.4) is 0 Å². The van der Waals surface area contributed by atoms with E-state index in [4.69, 9.17) is 27.3 Å². The number of aromatic nitrogens is 1. The Morgan fingerprint density at radius 2 is 2.20 bits per heavy atom. The fourth-order valence-corrected chi connectivity index (χ4v) is 1.80. The van der Waals surface area contributed by atoms with Crippen LogP contribution in [0.25, 0.3) is 0 Å². The molecule has 1 aromatic carbocycles. The highest BCUT2D eigenvalue weighted by molar-refractivity contribution is 6.35. The van der Waals surface area contributed by atoms with Crippen LogP contribution in [0.15, 0.2) is 35.6 Å². The Hall–Kier alpha value is -2.34. The number of nitrogens with zero attached hydrogens (tertiary/aromatic N) is 2. The minimum absolute atomic E-state index is 0.00365. The van der Waals surface area contributed by atoms with Crippen molar-refractivity contribution < 1.29 is 14.3 Å². The summed E-state index contributed by atoms with van der Waals surface area (Å²) in [6.45, 7) is 1.62. The number of aryl methyl sites for hydroxylation is 1. The molecule has 0 spiro atoms. The standard InChI is InChI=1S/C13H11ClFN3O2/c1-7-3-2-4-9(11(7)15)20-13-10(14)8(5-6-17-13)12(16)18-19/h2-6,19H,1H3,(H2,16,18). The molecule has 0 unspecified atom stereocenters. The monoisotopic (exact) mass is 295 g/mol. The smallest absolute Gasteiger partial charge is 0.239 e. The van der Waals surface area contributed by atoms with Gasteiger partial charge in [0, 0.05) is 11.8 Å². The van der Waals surface area contributed by atoms with Crippen LogP contribution in [0.2, 0.25) is 5.02 Å². The average Bonchev–Trinajstić information content (AvgIpc) is 2.45. The minimum Gasteiger partial charge on any atom is -0.434 e. The average molecular weight is 296 g/mol. The summed E-state index contributed by atoms with van der Waals surface area (Å²) in [4.78, 5) is 3.91. The number of benzene rings is 1. The zero-order chi connectivity index (χ0) is 14.7. The van der Waals surface area contributed by atoms with Gasteiger partial charge in [-0.25, -0.2) is 9.37 Å². The molecule has 1 aromatic heterocycles. The van der Waals surface area contributed by atoms with Gasteiger partial charge in [0.05, 0.1) is 0 Å². The quantitative estimate of drug-likeness (QED) is 0.395. The van der Waals surface area contributed by atoms with Gasteiger partial charge in [-0.2, -0.15) is 0 Å². The van der Waals surface area contributed by atoms with E-state index in [1.54, 1.807) is 19.1 Å². The second-order valence-electron chi connectivity index (χ2n) is 3.95. The molecule has 0 saturated heterocycles. The fourth-order valence-electron chi connectivity index (χ4n) is 1.55. The molecule has 0 amide bonds. The van der Waals surface area contributed by atoms with E-state index in [9.17, 15) is 4.39 Å². The number of nitrogens with two attached hydrogens (primary N) is 1. The Balaban J connectivity index is 2.42. The van der Waals surface area contributed by atoms with Gasteiger partial charge in [0.2, 0.25) is 5.88 Å². The van der Waals surface area contributed by atoms with E-state index in [0.717, 1.165) is 0 Å². The summed E-state index contributed by atoms with van der Waals surface area (Å²) >= 11 is 6.04. The Kier molecular flexibility index (Phi) is 4.05. The molecule has 20 heavy (non-hydrogen) atoms. The lowest BCUT2D eigenvalue weighted by atomic mass is 10.2. The summed E-state index contributed by atoms with van der Waals surface area (Å²) in [6.07, 6.45) is 1.36. The van der Waals surface area contributed by atoms with E-state index in [1.165, 1.54) is 18.3 Å². The van der Waals surface area contributed by atoms with Crippen molar-refractivity contribution in [2.24, 2.45) is 10.9 Å². The minimum atomic E-state index is -0.500. The van der Waals surface area contributed by atoms with Crippen molar-refractivity contribution in [3.63, 3.8) is 0 Å². The Labute approximate surface area is 119 Å². The van der Waals surface area contributed by atoms with Gasteiger partial charge in [-0.1, -0.05) is 28.9 Å². The Bertz CT molecular complexity index is 677. The molecule has 104 valence electrons. The molecule has 1 heterocycles. The molecule has 0 atom stereocenters. The largest absolute Gasteiger partial charge is 0.434 e. The zero-order valence-corrected chi connectivity index (χ0v) is 11.2. The fraction of sp³-hybridized carbons (Fsp3) is 0.0769. The molecule has 3 N–H and O–H groups in total. The maximum atomic E-state index is 13.9. The molecular weight excluding hydrogens is 285 g/mol. The molecule has 0 bridgehead atoms. The first kappa shape index (κ1) is 14.1. The molecule has 0 saturated carbocycles. The maximum absolute atomic E-state index is 13.9. The van der Waals surface area contributed by atoms with Gasteiger partial charge in [-0.15, -0.1) is 0 Å². The van der Waals surface area contributed by atoms with Crippen LogP contribution in [-0.4, -0.2) is 16.0 Å². The van der Waals surface area contributed by atoms with Crippen molar-refractivity contribution in [2.75, 3.05) is 0 Å². The highest BCUT2D eigenvalue weighted by atomic mass is 35.5. The van der Waals surface area contributed by atoms with Gasteiger partial charge < -0.3 is 15.7 Å². The number of hydrogen-bond donors (Lipinski definition) is 2. The molecule has 7 heteroatoms. The Morgan fingerprint density at radius 3 is 2.90 bits per heavy atom. The summed E-state index contributed by atoms with van der Waals surface area (Å²) in [5.74, 6) is -0.720. The van der Waals surface area contributed by atoms with Crippen LogP contribution in [0.5, 0.6) is 11.6 Å². The molecule has 0 radical (unpaired) electrons. The number of pyridine rings is 1. The van der Waals surface area contributed by atoms with Crippen molar-refractivity contribution in [2.45, 2.75) is 6.92 Å². The number of amidine groups is 1. The highest BCUT2D eigenvalue weighted by Crippen LogP contribution is 2.31. The summed E-state index contributed by atoms with van der Waals surface area (Å²) in [5, 5.41) is 11.5. The van der Waals surface area contributed by atoms with Crippen molar-refractivity contribution in [1.29, 1.82) is 0 Å². The summed E-state index contributed by atoms with van der Waals surface area (Å²) in [6, 6.07) is 6.17. The van der Waals surface area contributed by atoms with E-state index in [2.05, 4.69) is 10.1 Å². The number of halogens is 2. The van der Waals surface area contributed by atoms with Crippen molar-refractivity contribution in [3.8, 4) is 11.6 Å². The third-order valence-electron chi connectivity index (χ3n) is 2.60. The van der Waals surface area contributed by atoms with E-state index < -0.39 is 5.82 Å². The Morgan fingerprint density at radius 1 is 1.45 bits per heavy atom. The lowest BCUT2D eigenvalue weighted by Gasteiger charge is -2.10. The summed E-state index contributed by atoms with van der Waals surface area (Å²) in [7, 11) is 0. The lowest BCUT2D eigenvalue weighted by molar-refractivity contribution is 0.318. The van der Waals surface area contributed by atoms with E-state index in [1.807, 2.05) is 0 Å². The zero-order valence-electron chi connectivity index (χ0n) is 10.5. The number of hydrogen-bond acceptors (Lipinski definition) is 4. The lowest BCUT2D eigenvalue weighted by Crippen LogP contribution is -2.14. The maximum Gasteiger partial charge on any atom is 0.239 e. The van der Waals surface area contributed by atoms with Crippen molar-refractivity contribution in [1.82, 2.24) is 4.98 Å². The number of oxime groups is 1. The highest BCUT2D eigenvalue weighted by Gasteiger charge is 2.15. The first-order chi connectivity index (χ1) is 9.54. The molecule has 5 nitrogen and oxygen atoms in total. The molecule has 0 aliphatic heterocycles. The molecule has 0 fully saturated rings. The predicted octanol–water partition coefficient (Wildman–Crippen LogP) is 3.07. The second-order valence-corrected chi connectivity index (χ2v) is 4.33. The molecule has 2 aromatic rings. The second kappa shape index (κ2) is 5.75. The molecular formula is C13H11ClFN3O2. The number of rotatable bonds is 3. The molecule has 2 rings (SSSR count). The van der Waals surface area contributed by atoms with Crippen LogP contribution >= 0.6 is 11.6 Å². The molecule has 0 aliphatic carbocycles. The van der Waals surface area contributed by atoms with Gasteiger partial charge in [-0.05, 0) is 24.6 Å². The van der Waals surface area contributed by atoms with Crippen LogP contribution < -0.4 is 10.5 Å². The third kappa shape index (κ3) is 2.65. The van der Waals surface area contributed by atoms with Crippen molar-refractivity contribution >= 4 is 17.4 Å². The van der Waals surface area contributed by atoms with Crippen LogP contribution in [-0.2, 0) is 0 Å². The first-order valence-electron chi connectivity index (χ1n) is 5.60. The summed E-state index contributed by atoms with van der Waals surface area (Å²) in [5.41, 5.74) is 6.15. The SMILES string of the molecule is Cc1cccc(Oc2nccc(/C(N)=N/O)c2Cl)c1F. The van der Waals surface area contributed by atoms with Crippen molar-refractivity contribution in [3.05, 3.63) is 52.4 Å². The van der Waals surface area contributed by atoms with Crippen LogP contribution in [0.1, 0.15) is 11.1 Å². The topological polar surface area (TPSA) is 80.7 Å². The van der Waals surface area contributed by atoms with E-state index >= 15 is 0 Å². The first-order valence-corrected chi connectivity index (χ1v) is 5.97. The van der Waals surface area contributed by atoms with Gasteiger partial charge in [0.15, 0.2) is 17.4 Å². The van der Waals surface area contributed by atoms with Gasteiger partial charge in [0.25, 0.3) is 0 Å². The summed E-state index contributed by atoms with van der Waals surface area (Å²) < 4.78 is 19.2.